The van der Waals surface area contributed by atoms with Crippen molar-refractivity contribution in [2.75, 3.05) is 6.54 Å². The Kier molecular flexibility index (Phi) is 6.53. The monoisotopic (exact) mass is 287 g/mol. The quantitative estimate of drug-likeness (QED) is 0.687. The Labute approximate surface area is 121 Å². The molecule has 0 aliphatic heterocycles. The molecule has 0 aliphatic rings. The summed E-state index contributed by atoms with van der Waals surface area (Å²) >= 11 is 0. The number of benzene rings is 1. The van der Waals surface area contributed by atoms with Gasteiger partial charge in [0.2, 0.25) is 0 Å². The molecule has 0 spiro atoms. The Hall–Kier alpha value is -2.76. The van der Waals surface area contributed by atoms with Crippen molar-refractivity contribution in [2.24, 2.45) is 5.18 Å². The van der Waals surface area contributed by atoms with Gasteiger partial charge < -0.3 is 0 Å². The van der Waals surface area contributed by atoms with Gasteiger partial charge in [-0.15, -0.1) is 6.58 Å². The Morgan fingerprint density at radius 2 is 1.95 bits per heavy atom. The molecule has 2 aromatic rings. The zero-order chi connectivity index (χ0) is 15.7. The summed E-state index contributed by atoms with van der Waals surface area (Å²) < 4.78 is 1.49. The summed E-state index contributed by atoms with van der Waals surface area (Å²) in [5, 5.41) is 2.49. The molecule has 21 heavy (non-hydrogen) atoms. The van der Waals surface area contributed by atoms with E-state index in [2.05, 4.69) is 16.7 Å². The molecule has 0 fully saturated rings. The fourth-order valence-corrected chi connectivity index (χ4v) is 1.57. The van der Waals surface area contributed by atoms with Crippen molar-refractivity contribution >= 4 is 0 Å². The molecule has 1 N–H and O–H groups in total. The smallest absolute Gasteiger partial charge is 0.296 e. The van der Waals surface area contributed by atoms with E-state index in [4.69, 9.17) is 4.91 Å². The molecule has 1 heterocycles. The molecule has 0 radical (unpaired) electrons. The number of nitroso groups, excluding NO2 is 1. The summed E-state index contributed by atoms with van der Waals surface area (Å²) in [6.45, 7) is 5.63. The summed E-state index contributed by atoms with van der Waals surface area (Å²) in [5.41, 5.74) is 0.861. The van der Waals surface area contributed by atoms with Crippen LogP contribution >= 0.6 is 0 Å². The van der Waals surface area contributed by atoms with E-state index < -0.39 is 0 Å². The lowest BCUT2D eigenvalue weighted by molar-refractivity contribution is 0.713. The molecule has 6 nitrogen and oxygen atoms in total. The molecule has 110 valence electrons. The Bertz CT molecular complexity index is 696. The predicted octanol–water partition coefficient (Wildman–Crippen LogP) is 1.83. The minimum atomic E-state index is -0.376. The van der Waals surface area contributed by atoms with Crippen molar-refractivity contribution in [3.05, 3.63) is 86.1 Å². The third-order valence-corrected chi connectivity index (χ3v) is 2.59. The zero-order valence-corrected chi connectivity index (χ0v) is 11.8. The van der Waals surface area contributed by atoms with E-state index in [0.29, 0.717) is 12.1 Å². The maximum atomic E-state index is 11.5. The molecular weight excluding hydrogens is 270 g/mol. The number of nitrogens with zero attached hydrogens (tertiary/aromatic N) is 2. The molecule has 6 heteroatoms. The minimum Gasteiger partial charge on any atom is -0.296 e. The highest BCUT2D eigenvalue weighted by atomic mass is 16.3. The Morgan fingerprint density at radius 3 is 2.48 bits per heavy atom. The molecule has 0 saturated carbocycles. The van der Waals surface area contributed by atoms with Gasteiger partial charge in [-0.3, -0.25) is 14.3 Å². The summed E-state index contributed by atoms with van der Waals surface area (Å²) in [6, 6.07) is 9.63. The lowest BCUT2D eigenvalue weighted by Crippen LogP contribution is -2.31. The van der Waals surface area contributed by atoms with Gasteiger partial charge in [-0.1, -0.05) is 41.6 Å². The molecule has 0 amide bonds. The third-order valence-electron chi connectivity index (χ3n) is 2.59. The summed E-state index contributed by atoms with van der Waals surface area (Å²) in [7, 11) is 0. The van der Waals surface area contributed by atoms with Gasteiger partial charge in [0.1, 0.15) is 0 Å². The second kappa shape index (κ2) is 8.42. The summed E-state index contributed by atoms with van der Waals surface area (Å²) in [4.78, 5) is 34.0. The normalized spacial score (nSPS) is 9.38. The van der Waals surface area contributed by atoms with Gasteiger partial charge in [-0.25, -0.2) is 4.79 Å². The Morgan fingerprint density at radius 1 is 1.29 bits per heavy atom. The number of aromatic amines is 1. The largest absolute Gasteiger partial charge is 0.328 e. The van der Waals surface area contributed by atoms with Gasteiger partial charge in [0, 0.05) is 11.8 Å². The van der Waals surface area contributed by atoms with Gasteiger partial charge in [-0.05, 0) is 12.5 Å². The third kappa shape index (κ3) is 5.40. The number of aryl methyl sites for hydroxylation is 1. The van der Waals surface area contributed by atoms with Crippen LogP contribution in [0.1, 0.15) is 11.1 Å². The topological polar surface area (TPSA) is 84.3 Å². The van der Waals surface area contributed by atoms with Gasteiger partial charge in [0.25, 0.3) is 5.56 Å². The second-order valence-corrected chi connectivity index (χ2v) is 4.29. The first-order valence-corrected chi connectivity index (χ1v) is 6.32. The van der Waals surface area contributed by atoms with Crippen molar-refractivity contribution in [3.8, 4) is 0 Å². The molecule has 0 unspecified atom stereocenters. The number of nitrogens with one attached hydrogen (secondary N) is 1. The van der Waals surface area contributed by atoms with E-state index in [1.165, 1.54) is 10.6 Å². The van der Waals surface area contributed by atoms with Crippen LogP contribution in [-0.4, -0.2) is 16.1 Å². The van der Waals surface area contributed by atoms with Gasteiger partial charge >= 0.3 is 5.69 Å². The molecule has 0 aliphatic carbocycles. The molecule has 0 saturated heterocycles. The van der Waals surface area contributed by atoms with Gasteiger partial charge in [0.15, 0.2) is 0 Å². The highest BCUT2D eigenvalue weighted by Crippen LogP contribution is 1.99. The lowest BCUT2D eigenvalue weighted by Gasteiger charge is -2.05. The summed E-state index contributed by atoms with van der Waals surface area (Å²) in [5.74, 6) is 0. The lowest BCUT2D eigenvalue weighted by atomic mass is 10.2. The van der Waals surface area contributed by atoms with Crippen LogP contribution in [0.4, 0.5) is 0 Å². The van der Waals surface area contributed by atoms with E-state index in [9.17, 15) is 9.59 Å². The van der Waals surface area contributed by atoms with E-state index in [1.807, 2.05) is 30.3 Å². The molecule has 1 aromatic carbocycles. The molecule has 0 bridgehead atoms. The van der Waals surface area contributed by atoms with Gasteiger partial charge in [0.05, 0.1) is 13.1 Å². The minimum absolute atomic E-state index is 0.222. The number of rotatable bonds is 4. The maximum absolute atomic E-state index is 11.5. The fourth-order valence-electron chi connectivity index (χ4n) is 1.57. The molecule has 0 atom stereocenters. The fraction of sp³-hybridized carbons (Fsp3) is 0.200. The first-order valence-electron chi connectivity index (χ1n) is 6.32. The van der Waals surface area contributed by atoms with Crippen molar-refractivity contribution in [1.29, 1.82) is 0 Å². The maximum Gasteiger partial charge on any atom is 0.328 e. The number of hydrogen-bond acceptors (Lipinski definition) is 4. The zero-order valence-electron chi connectivity index (χ0n) is 11.8. The Balaban J connectivity index is 0.000000383. The SMILES string of the molecule is C=CCN=O.Cc1cn(Cc2ccccc2)c(=O)[nH]c1=O. The number of H-pyrrole nitrogens is 1. The predicted molar refractivity (Wildman–Crippen MR) is 82.5 cm³/mol. The molecule has 1 aromatic heterocycles. The number of aromatic nitrogens is 2. The van der Waals surface area contributed by atoms with Crippen LogP contribution < -0.4 is 11.2 Å². The van der Waals surface area contributed by atoms with Crippen molar-refractivity contribution in [2.45, 2.75) is 13.5 Å². The van der Waals surface area contributed by atoms with Crippen LogP contribution in [0.15, 0.2) is 63.9 Å². The van der Waals surface area contributed by atoms with E-state index in [0.717, 1.165) is 5.56 Å². The molecule has 2 rings (SSSR count). The van der Waals surface area contributed by atoms with Crippen LogP contribution in [0.3, 0.4) is 0 Å². The summed E-state index contributed by atoms with van der Waals surface area (Å²) in [6.07, 6.45) is 3.03. The standard InChI is InChI=1S/C12H12N2O2.C3H5NO/c1-9-7-14(12(16)13-11(9)15)8-10-5-3-2-4-6-10;1-2-3-4-5/h2-7H,8H2,1H3,(H,13,15,16);2H,1,3H2. The highest BCUT2D eigenvalue weighted by molar-refractivity contribution is 5.15. The van der Waals surface area contributed by atoms with E-state index in [-0.39, 0.29) is 17.8 Å². The number of hydrogen-bond donors (Lipinski definition) is 1. The van der Waals surface area contributed by atoms with Gasteiger partial charge in [-0.2, -0.15) is 4.91 Å². The van der Waals surface area contributed by atoms with Crippen LogP contribution in [0, 0.1) is 11.8 Å². The first kappa shape index (κ1) is 16.3. The van der Waals surface area contributed by atoms with Crippen molar-refractivity contribution in [1.82, 2.24) is 9.55 Å². The average Bonchev–Trinajstić information content (AvgIpc) is 2.47. The van der Waals surface area contributed by atoms with Crippen LogP contribution in [-0.2, 0) is 6.54 Å². The second-order valence-electron chi connectivity index (χ2n) is 4.29. The van der Waals surface area contributed by atoms with Crippen molar-refractivity contribution in [3.63, 3.8) is 0 Å². The van der Waals surface area contributed by atoms with Crippen LogP contribution in [0.25, 0.3) is 0 Å². The van der Waals surface area contributed by atoms with E-state index >= 15 is 0 Å². The van der Waals surface area contributed by atoms with Crippen LogP contribution in [0.5, 0.6) is 0 Å². The van der Waals surface area contributed by atoms with E-state index in [1.54, 1.807) is 13.1 Å². The highest BCUT2D eigenvalue weighted by Gasteiger charge is 2.01. The molecular formula is C15H17N3O3. The average molecular weight is 287 g/mol. The first-order chi connectivity index (χ1) is 10.1. The van der Waals surface area contributed by atoms with Crippen molar-refractivity contribution < 1.29 is 0 Å². The van der Waals surface area contributed by atoms with Crippen LogP contribution in [0.2, 0.25) is 0 Å².